The maximum atomic E-state index is 12.3. The summed E-state index contributed by atoms with van der Waals surface area (Å²) in [7, 11) is -2.04. The van der Waals surface area contributed by atoms with Gasteiger partial charge in [0.15, 0.2) is 0 Å². The molecular formula is C20H26N2O5S. The average Bonchev–Trinajstić information content (AvgIpc) is 2.64. The summed E-state index contributed by atoms with van der Waals surface area (Å²) < 4.78 is 36.1. The van der Waals surface area contributed by atoms with E-state index in [1.807, 2.05) is 26.0 Å². The van der Waals surface area contributed by atoms with Gasteiger partial charge in [0.1, 0.15) is 18.0 Å². The second kappa shape index (κ2) is 9.45. The maximum absolute atomic E-state index is 12.3. The van der Waals surface area contributed by atoms with E-state index in [-0.39, 0.29) is 12.6 Å². The van der Waals surface area contributed by atoms with Gasteiger partial charge in [0, 0.05) is 6.54 Å². The van der Waals surface area contributed by atoms with Gasteiger partial charge in [-0.25, -0.2) is 8.42 Å². The topological polar surface area (TPSA) is 84.9 Å². The van der Waals surface area contributed by atoms with Crippen LogP contribution in [0.1, 0.15) is 19.4 Å². The van der Waals surface area contributed by atoms with Crippen LogP contribution in [0.5, 0.6) is 11.5 Å². The molecule has 0 atom stereocenters. The van der Waals surface area contributed by atoms with Crippen molar-refractivity contribution in [1.29, 1.82) is 0 Å². The second-order valence-corrected chi connectivity index (χ2v) is 8.46. The fourth-order valence-corrected chi connectivity index (χ4v) is 3.35. The van der Waals surface area contributed by atoms with Crippen LogP contribution in [0.25, 0.3) is 0 Å². The van der Waals surface area contributed by atoms with Crippen LogP contribution in [-0.2, 0) is 21.4 Å². The summed E-state index contributed by atoms with van der Waals surface area (Å²) in [5.74, 6) is 0.961. The minimum Gasteiger partial charge on any atom is -0.497 e. The molecule has 152 valence electrons. The lowest BCUT2D eigenvalue weighted by Crippen LogP contribution is -2.40. The van der Waals surface area contributed by atoms with Crippen LogP contribution < -0.4 is 19.1 Å². The smallest absolute Gasteiger partial charge is 0.241 e. The van der Waals surface area contributed by atoms with Gasteiger partial charge in [-0.2, -0.15) is 0 Å². The van der Waals surface area contributed by atoms with Gasteiger partial charge in [0.2, 0.25) is 15.9 Å². The molecule has 0 aliphatic rings. The molecule has 1 N–H and O–H groups in total. The number of nitrogens with one attached hydrogen (secondary N) is 1. The van der Waals surface area contributed by atoms with Gasteiger partial charge in [-0.3, -0.25) is 9.10 Å². The second-order valence-electron chi connectivity index (χ2n) is 6.55. The molecule has 0 spiro atoms. The van der Waals surface area contributed by atoms with Crippen molar-refractivity contribution < 1.29 is 22.7 Å². The third-order valence-corrected chi connectivity index (χ3v) is 4.97. The van der Waals surface area contributed by atoms with Crippen molar-refractivity contribution in [2.45, 2.75) is 26.5 Å². The van der Waals surface area contributed by atoms with Crippen molar-refractivity contribution in [2.75, 3.05) is 24.2 Å². The van der Waals surface area contributed by atoms with Crippen molar-refractivity contribution >= 4 is 21.6 Å². The van der Waals surface area contributed by atoms with E-state index in [0.717, 1.165) is 21.9 Å². The van der Waals surface area contributed by atoms with Crippen LogP contribution in [0.4, 0.5) is 5.69 Å². The van der Waals surface area contributed by atoms with E-state index in [4.69, 9.17) is 9.47 Å². The molecule has 0 unspecified atom stereocenters. The first kappa shape index (κ1) is 21.6. The van der Waals surface area contributed by atoms with Gasteiger partial charge in [0.25, 0.3) is 0 Å². The molecule has 0 saturated heterocycles. The Morgan fingerprint density at radius 2 is 1.61 bits per heavy atom. The molecule has 2 aromatic carbocycles. The van der Waals surface area contributed by atoms with Crippen molar-refractivity contribution in [2.24, 2.45) is 0 Å². The monoisotopic (exact) mass is 406 g/mol. The molecule has 7 nitrogen and oxygen atoms in total. The number of sulfonamides is 1. The Balaban J connectivity index is 2.04. The standard InChI is InChI=1S/C20H26N2O5S/c1-15(2)27-19-11-7-17(8-12-19)22(28(4,24)25)14-20(23)21-13-16-5-9-18(26-3)10-6-16/h5-12,15H,13-14H2,1-4H3,(H,21,23). The van der Waals surface area contributed by atoms with Gasteiger partial charge in [0.05, 0.1) is 25.2 Å². The zero-order valence-corrected chi connectivity index (χ0v) is 17.3. The summed E-state index contributed by atoms with van der Waals surface area (Å²) in [4.78, 5) is 12.3. The number of benzene rings is 2. The van der Waals surface area contributed by atoms with Crippen LogP contribution in [0.2, 0.25) is 0 Å². The van der Waals surface area contributed by atoms with E-state index < -0.39 is 15.9 Å². The van der Waals surface area contributed by atoms with Gasteiger partial charge >= 0.3 is 0 Å². The number of carbonyl (C=O) groups is 1. The normalized spacial score (nSPS) is 11.2. The number of hydrogen-bond acceptors (Lipinski definition) is 5. The van der Waals surface area contributed by atoms with E-state index in [1.54, 1.807) is 43.5 Å². The summed E-state index contributed by atoms with van der Waals surface area (Å²) in [5, 5.41) is 2.74. The molecule has 0 bridgehead atoms. The zero-order valence-electron chi connectivity index (χ0n) is 16.5. The number of rotatable bonds is 9. The van der Waals surface area contributed by atoms with Crippen molar-refractivity contribution in [3.8, 4) is 11.5 Å². The highest BCUT2D eigenvalue weighted by molar-refractivity contribution is 7.92. The fraction of sp³-hybridized carbons (Fsp3) is 0.350. The lowest BCUT2D eigenvalue weighted by Gasteiger charge is -2.22. The van der Waals surface area contributed by atoms with Gasteiger partial charge in [-0.05, 0) is 55.8 Å². The molecule has 0 fully saturated rings. The first-order chi connectivity index (χ1) is 13.2. The lowest BCUT2D eigenvalue weighted by atomic mass is 10.2. The third kappa shape index (κ3) is 6.45. The highest BCUT2D eigenvalue weighted by Gasteiger charge is 2.20. The molecule has 2 aromatic rings. The fourth-order valence-electron chi connectivity index (χ4n) is 2.49. The highest BCUT2D eigenvalue weighted by atomic mass is 32.2. The van der Waals surface area contributed by atoms with Gasteiger partial charge in [-0.15, -0.1) is 0 Å². The quantitative estimate of drug-likeness (QED) is 0.692. The van der Waals surface area contributed by atoms with E-state index in [9.17, 15) is 13.2 Å². The Hall–Kier alpha value is -2.74. The average molecular weight is 407 g/mol. The number of nitrogens with zero attached hydrogens (tertiary/aromatic N) is 1. The van der Waals surface area contributed by atoms with Crippen LogP contribution in [0, 0.1) is 0 Å². The Morgan fingerprint density at radius 3 is 2.11 bits per heavy atom. The van der Waals surface area contributed by atoms with E-state index >= 15 is 0 Å². The molecule has 28 heavy (non-hydrogen) atoms. The third-order valence-electron chi connectivity index (χ3n) is 3.83. The summed E-state index contributed by atoms with van der Waals surface area (Å²) in [5.41, 5.74) is 1.29. The molecule has 8 heteroatoms. The van der Waals surface area contributed by atoms with Crippen LogP contribution >= 0.6 is 0 Å². The largest absolute Gasteiger partial charge is 0.497 e. The Labute approximate surface area is 166 Å². The van der Waals surface area contributed by atoms with E-state index in [1.165, 1.54) is 0 Å². The number of ether oxygens (including phenoxy) is 2. The molecular weight excluding hydrogens is 380 g/mol. The maximum Gasteiger partial charge on any atom is 0.241 e. The first-order valence-corrected chi connectivity index (χ1v) is 10.7. The van der Waals surface area contributed by atoms with Crippen molar-refractivity contribution in [3.63, 3.8) is 0 Å². The number of hydrogen-bond donors (Lipinski definition) is 1. The molecule has 2 rings (SSSR count). The summed E-state index contributed by atoms with van der Waals surface area (Å²) in [6.45, 7) is 3.80. The number of carbonyl (C=O) groups excluding carboxylic acids is 1. The Morgan fingerprint density at radius 1 is 1.04 bits per heavy atom. The van der Waals surface area contributed by atoms with Crippen molar-refractivity contribution in [1.82, 2.24) is 5.32 Å². The molecule has 0 aromatic heterocycles. The molecule has 0 aliphatic heterocycles. The minimum absolute atomic E-state index is 0.0144. The first-order valence-electron chi connectivity index (χ1n) is 8.83. The summed E-state index contributed by atoms with van der Waals surface area (Å²) in [6, 6.07) is 13.9. The van der Waals surface area contributed by atoms with Gasteiger partial charge in [-0.1, -0.05) is 12.1 Å². The zero-order chi connectivity index (χ0) is 20.7. The van der Waals surface area contributed by atoms with Gasteiger partial charge < -0.3 is 14.8 Å². The minimum atomic E-state index is -3.63. The van der Waals surface area contributed by atoms with Crippen LogP contribution in [0.15, 0.2) is 48.5 Å². The lowest BCUT2D eigenvalue weighted by molar-refractivity contribution is -0.119. The SMILES string of the molecule is COc1ccc(CNC(=O)CN(c2ccc(OC(C)C)cc2)S(C)(=O)=O)cc1. The van der Waals surface area contributed by atoms with E-state index in [2.05, 4.69) is 5.32 Å². The van der Waals surface area contributed by atoms with Crippen LogP contribution in [-0.4, -0.2) is 40.3 Å². The highest BCUT2D eigenvalue weighted by Crippen LogP contribution is 2.22. The predicted octanol–water partition coefficient (Wildman–Crippen LogP) is 2.56. The molecule has 1 amide bonds. The number of methoxy groups -OCH3 is 1. The molecule has 0 heterocycles. The number of anilines is 1. The Kier molecular flexibility index (Phi) is 7.28. The molecule has 0 saturated carbocycles. The van der Waals surface area contributed by atoms with Crippen molar-refractivity contribution in [3.05, 3.63) is 54.1 Å². The molecule has 0 radical (unpaired) electrons. The summed E-state index contributed by atoms with van der Waals surface area (Å²) >= 11 is 0. The van der Waals surface area contributed by atoms with E-state index in [0.29, 0.717) is 18.0 Å². The Bertz CT molecular complexity index is 878. The molecule has 0 aliphatic carbocycles. The summed E-state index contributed by atoms with van der Waals surface area (Å²) in [6.07, 6.45) is 1.09. The number of amides is 1. The van der Waals surface area contributed by atoms with Crippen LogP contribution in [0.3, 0.4) is 0 Å². The predicted molar refractivity (Wildman–Crippen MR) is 109 cm³/mol.